The summed E-state index contributed by atoms with van der Waals surface area (Å²) in [5, 5.41) is 45.2. The Morgan fingerprint density at radius 3 is 1.69 bits per heavy atom. The Kier molecular flexibility index (Phi) is 37.0. The van der Waals surface area contributed by atoms with Gasteiger partial charge in [-0.05, 0) is 105 Å². The number of aromatic amines is 1. The van der Waals surface area contributed by atoms with Crippen LogP contribution in [0.15, 0.2) is 77.6 Å². The number of carbonyl (C=O) groups excluding carboxylic acids is 12. The van der Waals surface area contributed by atoms with Crippen LogP contribution in [-0.2, 0) is 80.0 Å². The molecule has 2 aromatic carbocycles. The van der Waals surface area contributed by atoms with E-state index in [1.807, 2.05) is 67.8 Å². The minimum atomic E-state index is -1.30. The highest BCUT2D eigenvalue weighted by molar-refractivity contribution is 5.98. The van der Waals surface area contributed by atoms with Crippen LogP contribution in [0.3, 0.4) is 0 Å². The van der Waals surface area contributed by atoms with Crippen LogP contribution in [-0.4, -0.2) is 243 Å². The molecule has 3 aliphatic heterocycles. The van der Waals surface area contributed by atoms with Crippen LogP contribution in [0.25, 0.3) is 10.9 Å². The second-order valence-electron chi connectivity index (χ2n) is 31.4. The van der Waals surface area contributed by atoms with E-state index >= 15 is 0 Å². The molecule has 29 nitrogen and oxygen atoms in total. The Morgan fingerprint density at radius 2 is 1.11 bits per heavy atom. The molecule has 6 amide bonds. The number of aromatic nitrogens is 1. The molecule has 29 heteroatoms. The second-order valence-corrected chi connectivity index (χ2v) is 31.4. The van der Waals surface area contributed by atoms with E-state index in [9.17, 15) is 82.4 Å². The zero-order valence-electron chi connectivity index (χ0n) is 65.3. The number of nitrogens with two attached hydrogens (primary N) is 1. The highest BCUT2D eigenvalue weighted by atomic mass is 16.4. The van der Waals surface area contributed by atoms with Crippen LogP contribution in [0.1, 0.15) is 163 Å². The van der Waals surface area contributed by atoms with Crippen molar-refractivity contribution in [3.05, 3.63) is 83.7 Å². The number of aliphatic carboxylic acids is 2. The number of piperidine rings is 1. The summed E-state index contributed by atoms with van der Waals surface area (Å²) >= 11 is 0. The number of allylic oxidation sites excluding steroid dienone is 1. The van der Waals surface area contributed by atoms with E-state index in [4.69, 9.17) is 5.73 Å². The fraction of sp³-hybridized carbons (Fsp3) is 0.617. The predicted molar refractivity (Wildman–Crippen MR) is 414 cm³/mol. The number of carbonyl (C=O) groups is 14. The standard InChI is InChI=1S/C81H118N12O17/c1-50(2)35-58(69(97)44-75(103)85-64(54(8)94)36-51(3)4)42-72(100)67(43-60-17-14-26-83-60)86-74(102)23-21-68(96)79(52(5)6)89-80(109)53(7)37-70(98)66(40-59-45-84-63-19-13-12-18-62(59)63)88-81(110)57(20-22-73(82)101)41-71(99)65(39-55-15-10-9-11-16-55)87-76(104)47-90-27-24-56(25-28-90)38-61(95)46-91-29-31-92(48-77(105)106)33-34-93(32-30-91)49-78(107)108/h9-13,15-19,26,45,50-53,56-58,64-67,69,79,84,97H,14,20-25,27-44,46-49H2,1-8H3,(H2,82,101)(H,85,103)(H,86,102)(H,87,104)(H,88,110)(H,89,109)(H,105,106)(H,107,108)/t53-,57-,58-,64+,65-,66+,67+,69+,79+/m1/s1. The zero-order chi connectivity index (χ0) is 80.7. The molecule has 604 valence electrons. The van der Waals surface area contributed by atoms with Crippen molar-refractivity contribution in [3.8, 4) is 0 Å². The van der Waals surface area contributed by atoms with E-state index in [1.54, 1.807) is 66.4 Å². The first kappa shape index (κ1) is 89.9. The van der Waals surface area contributed by atoms with E-state index in [0.29, 0.717) is 101 Å². The van der Waals surface area contributed by atoms with E-state index in [-0.39, 0.29) is 120 Å². The molecule has 2 saturated heterocycles. The average Bonchev–Trinajstić information content (AvgIpc) is 1.65. The number of likely N-dealkylation sites (tertiary alicyclic amines) is 1. The molecule has 0 aliphatic carbocycles. The number of nitrogens with zero attached hydrogens (tertiary/aromatic N) is 5. The third-order valence-corrected chi connectivity index (χ3v) is 20.7. The van der Waals surface area contributed by atoms with Gasteiger partial charge in [-0.2, -0.15) is 0 Å². The third kappa shape index (κ3) is 31.8. The lowest BCUT2D eigenvalue weighted by Gasteiger charge is -2.32. The molecule has 6 rings (SSSR count). The van der Waals surface area contributed by atoms with Crippen molar-refractivity contribution >= 4 is 99.2 Å². The number of Topliss-reactive ketones (excluding diaryl/α,β-unsaturated/α-hetero) is 6. The Bertz CT molecular complexity index is 3690. The molecule has 1 aromatic heterocycles. The van der Waals surface area contributed by atoms with Gasteiger partial charge in [0.05, 0.1) is 68.9 Å². The molecule has 110 heavy (non-hydrogen) atoms. The number of hydrogen-bond donors (Lipinski definition) is 10. The van der Waals surface area contributed by atoms with Crippen molar-refractivity contribution in [1.82, 2.24) is 51.2 Å². The number of nitrogens with one attached hydrogen (secondary N) is 6. The maximum absolute atomic E-state index is 14.8. The van der Waals surface area contributed by atoms with E-state index in [1.165, 1.54) is 13.8 Å². The predicted octanol–water partition coefficient (Wildman–Crippen LogP) is 4.33. The van der Waals surface area contributed by atoms with Crippen molar-refractivity contribution in [2.24, 2.45) is 52.2 Å². The van der Waals surface area contributed by atoms with Crippen molar-refractivity contribution in [2.45, 2.75) is 201 Å². The molecule has 0 unspecified atom stereocenters. The summed E-state index contributed by atoms with van der Waals surface area (Å²) in [7, 11) is 0. The molecular formula is C81H118N12O17. The number of carboxylic acid groups (broad SMARTS) is 2. The molecule has 4 heterocycles. The number of aliphatic imine (C=N–C) groups is 1. The summed E-state index contributed by atoms with van der Waals surface area (Å²) in [4.78, 5) is 204. The van der Waals surface area contributed by atoms with Crippen LogP contribution in [0.2, 0.25) is 0 Å². The molecule has 2 fully saturated rings. The van der Waals surface area contributed by atoms with Gasteiger partial charge in [-0.3, -0.25) is 91.7 Å². The SMILES string of the molecule is CC(=O)[C@H](CC(C)C)NC(=O)C[C@H](O)[C@@H](CC(=O)[C@H](CC1=CCC=N1)NC(=O)CCC(=O)[C@@H](NC(=O)[C@H](C)CC(=O)[C@H](Cc1c[nH]c2ccccc12)NC(=O)[C@H](CCC(N)=O)CC(=O)[C@@H](Cc1ccccc1)NC(=O)CN1CCC(CC(=O)CN2CCN(CC(=O)O)CCN(CC(=O)O)CC2)CC1)C(C)C)CC(C)C. The Morgan fingerprint density at radius 1 is 0.555 bits per heavy atom. The summed E-state index contributed by atoms with van der Waals surface area (Å²) in [6.45, 7) is 17.0. The summed E-state index contributed by atoms with van der Waals surface area (Å²) in [5.74, 6) is -11.4. The third-order valence-electron chi connectivity index (χ3n) is 20.7. The molecule has 3 aromatic rings. The normalized spacial score (nSPS) is 17.4. The molecule has 3 aliphatic rings. The number of H-pyrrole nitrogens is 1. The average molecular weight is 1530 g/mol. The summed E-state index contributed by atoms with van der Waals surface area (Å²) in [5.41, 5.74) is 8.31. The first-order valence-electron chi connectivity index (χ1n) is 38.9. The van der Waals surface area contributed by atoms with Crippen molar-refractivity contribution in [3.63, 3.8) is 0 Å². The van der Waals surface area contributed by atoms with Gasteiger partial charge in [0.1, 0.15) is 5.78 Å². The van der Waals surface area contributed by atoms with Crippen LogP contribution in [0.5, 0.6) is 0 Å². The topological polar surface area (TPSA) is 427 Å². The Balaban J connectivity index is 1.09. The zero-order valence-corrected chi connectivity index (χ0v) is 65.3. The van der Waals surface area contributed by atoms with E-state index < -0.39 is 143 Å². The number of rotatable bonds is 48. The molecular weight excluding hydrogens is 1410 g/mol. The number of benzene rings is 2. The van der Waals surface area contributed by atoms with Gasteiger partial charge >= 0.3 is 11.9 Å². The molecule has 11 N–H and O–H groups in total. The van der Waals surface area contributed by atoms with Crippen LogP contribution in [0.4, 0.5) is 0 Å². The molecule has 0 bridgehead atoms. The minimum absolute atomic E-state index is 0.00102. The number of primary amides is 1. The molecule has 9 atom stereocenters. The lowest BCUT2D eigenvalue weighted by atomic mass is 9.84. The number of amides is 6. The lowest BCUT2D eigenvalue weighted by Crippen LogP contribution is -2.50. The quantitative estimate of drug-likeness (QED) is 0.0376. The summed E-state index contributed by atoms with van der Waals surface area (Å²) < 4.78 is 0. The number of aliphatic hydroxyl groups is 1. The Labute approximate surface area is 645 Å². The van der Waals surface area contributed by atoms with Crippen molar-refractivity contribution < 1.29 is 82.4 Å². The van der Waals surface area contributed by atoms with Gasteiger partial charge in [-0.25, -0.2) is 0 Å². The van der Waals surface area contributed by atoms with Crippen LogP contribution >= 0.6 is 0 Å². The number of hydrogen-bond acceptors (Lipinski definition) is 20. The minimum Gasteiger partial charge on any atom is -0.480 e. The van der Waals surface area contributed by atoms with E-state index in [0.717, 1.165) is 10.9 Å². The van der Waals surface area contributed by atoms with E-state index in [2.05, 4.69) is 36.6 Å². The van der Waals surface area contributed by atoms with Gasteiger partial charge in [0.2, 0.25) is 35.4 Å². The van der Waals surface area contributed by atoms with Gasteiger partial charge < -0.3 is 52.6 Å². The van der Waals surface area contributed by atoms with Crippen molar-refractivity contribution in [1.29, 1.82) is 0 Å². The summed E-state index contributed by atoms with van der Waals surface area (Å²) in [6, 6.07) is 10.9. The largest absolute Gasteiger partial charge is 0.480 e. The monoisotopic (exact) mass is 1530 g/mol. The van der Waals surface area contributed by atoms with Gasteiger partial charge in [-0.1, -0.05) is 103 Å². The second kappa shape index (κ2) is 45.3. The van der Waals surface area contributed by atoms with Crippen LogP contribution in [0, 0.1) is 41.4 Å². The highest BCUT2D eigenvalue weighted by Crippen LogP contribution is 2.28. The molecule has 0 saturated carbocycles. The van der Waals surface area contributed by atoms with Gasteiger partial charge in [0.25, 0.3) is 0 Å². The first-order chi connectivity index (χ1) is 52.2. The highest BCUT2D eigenvalue weighted by Gasteiger charge is 2.37. The van der Waals surface area contributed by atoms with Gasteiger partial charge in [0.15, 0.2) is 28.9 Å². The number of para-hydroxylation sites is 1. The Hall–Kier alpha value is -9.03. The summed E-state index contributed by atoms with van der Waals surface area (Å²) in [6.07, 6.45) is 4.06. The van der Waals surface area contributed by atoms with Gasteiger partial charge in [-0.15, -0.1) is 0 Å². The number of ketones is 6. The number of carboxylic acids is 2. The smallest absolute Gasteiger partial charge is 0.317 e. The lowest BCUT2D eigenvalue weighted by molar-refractivity contribution is -0.140. The number of fused-ring (bicyclic) bond motifs is 1. The fourth-order valence-electron chi connectivity index (χ4n) is 14.5. The van der Waals surface area contributed by atoms with Crippen LogP contribution < -0.4 is 32.3 Å². The number of aliphatic hydroxyl groups excluding tert-OH is 1. The fourth-order valence-corrected chi connectivity index (χ4v) is 14.5. The maximum atomic E-state index is 14.8. The molecule has 0 spiro atoms. The van der Waals surface area contributed by atoms with Crippen molar-refractivity contribution in [2.75, 3.05) is 78.5 Å². The van der Waals surface area contributed by atoms with Gasteiger partial charge in [0, 0.05) is 144 Å². The maximum Gasteiger partial charge on any atom is 0.317 e. The first-order valence-corrected chi connectivity index (χ1v) is 38.9. The molecule has 0 radical (unpaired) electrons.